The van der Waals surface area contributed by atoms with Crippen molar-refractivity contribution in [3.63, 3.8) is 0 Å². The van der Waals surface area contributed by atoms with E-state index in [0.717, 1.165) is 32.5 Å². The Kier molecular flexibility index (Phi) is 5.28. The molecule has 0 aliphatic heterocycles. The van der Waals surface area contributed by atoms with E-state index in [1.54, 1.807) is 0 Å². The summed E-state index contributed by atoms with van der Waals surface area (Å²) in [4.78, 5) is 0. The molecule has 2 nitrogen and oxygen atoms in total. The van der Waals surface area contributed by atoms with Crippen molar-refractivity contribution >= 4 is 37.5 Å². The fourth-order valence-electron chi connectivity index (χ4n) is 1.77. The van der Waals surface area contributed by atoms with Crippen LogP contribution >= 0.6 is 31.9 Å². The van der Waals surface area contributed by atoms with Crippen molar-refractivity contribution in [2.24, 2.45) is 0 Å². The summed E-state index contributed by atoms with van der Waals surface area (Å²) >= 11 is 7.02. The Bertz CT molecular complexity index is 558. The van der Waals surface area contributed by atoms with E-state index in [0.29, 0.717) is 6.61 Å². The number of hydrogen-bond acceptors (Lipinski definition) is 2. The Labute approximate surface area is 130 Å². The normalized spacial score (nSPS) is 10.3. The van der Waals surface area contributed by atoms with Gasteiger partial charge in [-0.1, -0.05) is 34.1 Å². The summed E-state index contributed by atoms with van der Waals surface area (Å²) in [6, 6.07) is 14.1. The van der Waals surface area contributed by atoms with Gasteiger partial charge in [0.1, 0.15) is 5.75 Å². The average Bonchev–Trinajstić information content (AvgIpc) is 2.42. The highest BCUT2D eigenvalue weighted by molar-refractivity contribution is 9.11. The second-order valence-corrected chi connectivity index (χ2v) is 5.79. The van der Waals surface area contributed by atoms with Crippen molar-refractivity contribution in [2.75, 3.05) is 11.9 Å². The molecule has 0 aliphatic rings. The third kappa shape index (κ3) is 3.98. The lowest BCUT2D eigenvalue weighted by atomic mass is 10.2. The van der Waals surface area contributed by atoms with Gasteiger partial charge in [0.05, 0.1) is 6.61 Å². The lowest BCUT2D eigenvalue weighted by Crippen LogP contribution is -2.03. The highest BCUT2D eigenvalue weighted by Crippen LogP contribution is 2.27. The van der Waals surface area contributed by atoms with E-state index < -0.39 is 0 Å². The fraction of sp³-hybridized carbons (Fsp3) is 0.200. The average molecular weight is 385 g/mol. The maximum Gasteiger partial charge on any atom is 0.124 e. The number of nitrogens with one attached hydrogen (secondary N) is 1. The van der Waals surface area contributed by atoms with Gasteiger partial charge in [-0.25, -0.2) is 0 Å². The van der Waals surface area contributed by atoms with Crippen LogP contribution in [0.1, 0.15) is 12.5 Å². The number of hydrogen-bond donors (Lipinski definition) is 1. The van der Waals surface area contributed by atoms with Crippen LogP contribution in [-0.4, -0.2) is 6.61 Å². The molecule has 0 fully saturated rings. The van der Waals surface area contributed by atoms with Gasteiger partial charge in [-0.3, -0.25) is 0 Å². The van der Waals surface area contributed by atoms with E-state index >= 15 is 0 Å². The number of halogens is 2. The molecule has 0 unspecified atom stereocenters. The van der Waals surface area contributed by atoms with Gasteiger partial charge in [0, 0.05) is 26.7 Å². The molecular formula is C15H15Br2NO. The number of anilines is 1. The van der Waals surface area contributed by atoms with Crippen molar-refractivity contribution in [3.8, 4) is 5.75 Å². The van der Waals surface area contributed by atoms with E-state index in [1.165, 1.54) is 0 Å². The van der Waals surface area contributed by atoms with Crippen molar-refractivity contribution in [1.82, 2.24) is 0 Å². The van der Waals surface area contributed by atoms with Crippen LogP contribution in [0.3, 0.4) is 0 Å². The van der Waals surface area contributed by atoms with E-state index in [4.69, 9.17) is 4.74 Å². The summed E-state index contributed by atoms with van der Waals surface area (Å²) < 4.78 is 7.72. The van der Waals surface area contributed by atoms with Gasteiger partial charge in [0.2, 0.25) is 0 Å². The van der Waals surface area contributed by atoms with Crippen LogP contribution in [-0.2, 0) is 6.54 Å². The minimum Gasteiger partial charge on any atom is -0.494 e. The zero-order valence-corrected chi connectivity index (χ0v) is 13.8. The van der Waals surface area contributed by atoms with Crippen molar-refractivity contribution in [2.45, 2.75) is 13.5 Å². The second-order valence-electron chi connectivity index (χ2n) is 4.02. The SMILES string of the molecule is CCOc1ccccc1CNc1cc(Br)ccc1Br. The molecule has 0 radical (unpaired) electrons. The Morgan fingerprint density at radius 2 is 1.89 bits per heavy atom. The van der Waals surface area contributed by atoms with Crippen LogP contribution in [0.5, 0.6) is 5.75 Å². The van der Waals surface area contributed by atoms with Gasteiger partial charge < -0.3 is 10.1 Å². The molecule has 2 aromatic carbocycles. The molecule has 4 heteroatoms. The summed E-state index contributed by atoms with van der Waals surface area (Å²) in [6.45, 7) is 3.40. The molecule has 0 spiro atoms. The van der Waals surface area contributed by atoms with Gasteiger partial charge in [-0.15, -0.1) is 0 Å². The minimum absolute atomic E-state index is 0.678. The maximum absolute atomic E-state index is 5.62. The first kappa shape index (κ1) is 14.4. The molecule has 1 N–H and O–H groups in total. The van der Waals surface area contributed by atoms with Gasteiger partial charge in [-0.05, 0) is 47.1 Å². The summed E-state index contributed by atoms with van der Waals surface area (Å²) in [7, 11) is 0. The minimum atomic E-state index is 0.678. The van der Waals surface area contributed by atoms with Crippen LogP contribution < -0.4 is 10.1 Å². The van der Waals surface area contributed by atoms with Crippen LogP contribution in [0.25, 0.3) is 0 Å². The van der Waals surface area contributed by atoms with Crippen LogP contribution in [0.4, 0.5) is 5.69 Å². The first-order chi connectivity index (χ1) is 9.20. The van der Waals surface area contributed by atoms with E-state index in [-0.39, 0.29) is 0 Å². The first-order valence-electron chi connectivity index (χ1n) is 6.10. The van der Waals surface area contributed by atoms with Crippen LogP contribution in [0.2, 0.25) is 0 Å². The lowest BCUT2D eigenvalue weighted by Gasteiger charge is -2.13. The third-order valence-electron chi connectivity index (χ3n) is 2.67. The summed E-state index contributed by atoms with van der Waals surface area (Å²) in [5.74, 6) is 0.934. The molecule has 0 saturated carbocycles. The van der Waals surface area contributed by atoms with Gasteiger partial charge in [0.15, 0.2) is 0 Å². The van der Waals surface area contributed by atoms with Crippen molar-refractivity contribution < 1.29 is 4.74 Å². The molecule has 0 bridgehead atoms. The van der Waals surface area contributed by atoms with Crippen LogP contribution in [0, 0.1) is 0 Å². The highest BCUT2D eigenvalue weighted by Gasteiger charge is 2.04. The van der Waals surface area contributed by atoms with Crippen molar-refractivity contribution in [1.29, 1.82) is 0 Å². The Morgan fingerprint density at radius 1 is 1.11 bits per heavy atom. The third-order valence-corrected chi connectivity index (χ3v) is 3.85. The zero-order chi connectivity index (χ0) is 13.7. The summed E-state index contributed by atoms with van der Waals surface area (Å²) in [5.41, 5.74) is 2.21. The van der Waals surface area contributed by atoms with E-state index in [9.17, 15) is 0 Å². The molecule has 2 aromatic rings. The predicted octanol–water partition coefficient (Wildman–Crippen LogP) is 5.22. The zero-order valence-electron chi connectivity index (χ0n) is 10.6. The van der Waals surface area contributed by atoms with E-state index in [2.05, 4.69) is 43.2 Å². The monoisotopic (exact) mass is 383 g/mol. The quantitative estimate of drug-likeness (QED) is 0.762. The Hall–Kier alpha value is -1.000. The second kappa shape index (κ2) is 6.96. The van der Waals surface area contributed by atoms with Gasteiger partial charge in [0.25, 0.3) is 0 Å². The maximum atomic E-state index is 5.62. The summed E-state index contributed by atoms with van der Waals surface area (Å²) in [5, 5.41) is 3.41. The highest BCUT2D eigenvalue weighted by atomic mass is 79.9. The molecule has 2 rings (SSSR count). The molecule has 19 heavy (non-hydrogen) atoms. The molecule has 0 heterocycles. The molecular weight excluding hydrogens is 370 g/mol. The predicted molar refractivity (Wildman–Crippen MR) is 86.8 cm³/mol. The van der Waals surface area contributed by atoms with E-state index in [1.807, 2.05) is 43.3 Å². The number of benzene rings is 2. The number of para-hydroxylation sites is 1. The molecule has 0 aromatic heterocycles. The van der Waals surface area contributed by atoms with Gasteiger partial charge in [-0.2, -0.15) is 0 Å². The van der Waals surface area contributed by atoms with Gasteiger partial charge >= 0.3 is 0 Å². The molecule has 0 aliphatic carbocycles. The number of rotatable bonds is 5. The van der Waals surface area contributed by atoms with Crippen molar-refractivity contribution in [3.05, 3.63) is 57.0 Å². The topological polar surface area (TPSA) is 21.3 Å². The number of ether oxygens (including phenoxy) is 1. The Morgan fingerprint density at radius 3 is 2.68 bits per heavy atom. The molecule has 0 amide bonds. The standard InChI is InChI=1S/C15H15Br2NO/c1-2-19-15-6-4-3-5-11(15)10-18-14-9-12(16)7-8-13(14)17/h3-9,18H,2,10H2,1H3. The van der Waals surface area contributed by atoms with Crippen LogP contribution in [0.15, 0.2) is 51.4 Å². The fourth-order valence-corrected chi connectivity index (χ4v) is 2.52. The summed E-state index contributed by atoms with van der Waals surface area (Å²) in [6.07, 6.45) is 0. The first-order valence-corrected chi connectivity index (χ1v) is 7.69. The largest absolute Gasteiger partial charge is 0.494 e. The molecule has 100 valence electrons. The lowest BCUT2D eigenvalue weighted by molar-refractivity contribution is 0.337. The molecule has 0 saturated heterocycles. The smallest absolute Gasteiger partial charge is 0.124 e. The Balaban J connectivity index is 2.12. The molecule has 0 atom stereocenters.